The zero-order valence-electron chi connectivity index (χ0n) is 17.0. The molecule has 2 aromatic rings. The van der Waals surface area contributed by atoms with Crippen LogP contribution in [0.1, 0.15) is 11.3 Å². The van der Waals surface area contributed by atoms with Crippen LogP contribution < -0.4 is 9.80 Å². The molecule has 0 unspecified atom stereocenters. The molecule has 172 valence electrons. The van der Waals surface area contributed by atoms with E-state index in [9.17, 15) is 34.8 Å². The Morgan fingerprint density at radius 1 is 0.935 bits per heavy atom. The van der Waals surface area contributed by atoms with Crippen LogP contribution in [0.2, 0.25) is 0 Å². The van der Waals surface area contributed by atoms with Gasteiger partial charge in [0.15, 0.2) is 15.7 Å². The number of sulfone groups is 1. The van der Waals surface area contributed by atoms with Crippen LogP contribution >= 0.6 is 0 Å². The summed E-state index contributed by atoms with van der Waals surface area (Å²) in [4.78, 5) is 7.89. The fourth-order valence-corrected chi connectivity index (χ4v) is 4.34. The van der Waals surface area contributed by atoms with Gasteiger partial charge in [-0.15, -0.1) is 0 Å². The number of aromatic nitrogens is 2. The van der Waals surface area contributed by atoms with E-state index >= 15 is 0 Å². The number of hydrogen-bond donors (Lipinski definition) is 0. The lowest BCUT2D eigenvalue weighted by Gasteiger charge is -2.29. The number of hydrogen-bond acceptors (Lipinski definition) is 6. The summed E-state index contributed by atoms with van der Waals surface area (Å²) in [6.07, 6.45) is -4.77. The van der Waals surface area contributed by atoms with Gasteiger partial charge in [0.25, 0.3) is 0 Å². The molecule has 13 heteroatoms. The predicted molar refractivity (Wildman–Crippen MR) is 103 cm³/mol. The van der Waals surface area contributed by atoms with E-state index in [-0.39, 0.29) is 5.56 Å². The Morgan fingerprint density at radius 2 is 1.48 bits per heavy atom. The number of alkyl halides is 6. The normalized spacial score (nSPS) is 12.9. The molecule has 0 saturated heterocycles. The Kier molecular flexibility index (Phi) is 6.79. The van der Waals surface area contributed by atoms with Gasteiger partial charge in [-0.05, 0) is 5.56 Å². The van der Waals surface area contributed by atoms with Gasteiger partial charge in [-0.3, -0.25) is 0 Å². The second kappa shape index (κ2) is 8.52. The van der Waals surface area contributed by atoms with Crippen molar-refractivity contribution in [1.29, 1.82) is 0 Å². The molecule has 0 atom stereocenters. The fourth-order valence-electron chi connectivity index (χ4n) is 2.59. The number of anilines is 2. The number of nitrogens with zero attached hydrogens (tertiary/aromatic N) is 4. The average Bonchev–Trinajstić information content (AvgIpc) is 2.66. The van der Waals surface area contributed by atoms with Gasteiger partial charge in [0.2, 0.25) is 5.95 Å². The maximum Gasteiger partial charge on any atom is 0.375 e. The van der Waals surface area contributed by atoms with Gasteiger partial charge in [-0.25, -0.2) is 22.2 Å². The van der Waals surface area contributed by atoms with Gasteiger partial charge < -0.3 is 9.80 Å². The lowest BCUT2D eigenvalue weighted by molar-refractivity contribution is -0.272. The highest BCUT2D eigenvalue weighted by molar-refractivity contribution is 7.90. The zero-order chi connectivity index (χ0) is 23.8. The first-order chi connectivity index (χ1) is 14.1. The maximum absolute atomic E-state index is 14.8. The van der Waals surface area contributed by atoms with Crippen molar-refractivity contribution in [3.8, 4) is 0 Å². The van der Waals surface area contributed by atoms with Gasteiger partial charge in [0.1, 0.15) is 10.6 Å². The summed E-state index contributed by atoms with van der Waals surface area (Å²) in [7, 11) is 0.302. The Balaban J connectivity index is 2.91. The van der Waals surface area contributed by atoms with E-state index in [0.717, 1.165) is 9.80 Å². The Labute approximate surface area is 175 Å². The highest BCUT2D eigenvalue weighted by atomic mass is 32.2. The van der Waals surface area contributed by atoms with E-state index < -0.39 is 56.2 Å². The minimum Gasteiger partial charge on any atom is -0.361 e. The van der Waals surface area contributed by atoms with Crippen LogP contribution in [0.3, 0.4) is 0 Å². The Bertz CT molecular complexity index is 1030. The van der Waals surface area contributed by atoms with Crippen molar-refractivity contribution in [3.05, 3.63) is 41.6 Å². The SMILES string of the molecule is CN(C)c1nc(N(C)C)c(S(=O)(=O)Cc2ccccc2)c(C(F)(F)C(F)(F)C(F)F)n1. The Morgan fingerprint density at radius 3 is 1.94 bits per heavy atom. The average molecular weight is 470 g/mol. The second-order valence-corrected chi connectivity index (χ2v) is 8.98. The molecule has 2 rings (SSSR count). The summed E-state index contributed by atoms with van der Waals surface area (Å²) in [5, 5.41) is 0. The molecule has 1 aromatic heterocycles. The van der Waals surface area contributed by atoms with Gasteiger partial charge in [0.05, 0.1) is 5.75 Å². The molecule has 0 aliphatic carbocycles. The molecule has 0 radical (unpaired) electrons. The van der Waals surface area contributed by atoms with E-state index in [4.69, 9.17) is 0 Å². The third kappa shape index (κ3) is 4.70. The molecule has 1 aromatic carbocycles. The van der Waals surface area contributed by atoms with Crippen LogP contribution in [0, 0.1) is 0 Å². The van der Waals surface area contributed by atoms with Crippen molar-refractivity contribution in [2.45, 2.75) is 28.9 Å². The van der Waals surface area contributed by atoms with Crippen molar-refractivity contribution < 1.29 is 34.8 Å². The van der Waals surface area contributed by atoms with Gasteiger partial charge in [-0.1, -0.05) is 30.3 Å². The highest BCUT2D eigenvalue weighted by Gasteiger charge is 2.66. The van der Waals surface area contributed by atoms with Crippen molar-refractivity contribution in [3.63, 3.8) is 0 Å². The first-order valence-electron chi connectivity index (χ1n) is 8.70. The lowest BCUT2D eigenvalue weighted by atomic mass is 10.1. The second-order valence-electron chi connectivity index (χ2n) is 7.06. The lowest BCUT2D eigenvalue weighted by Crippen LogP contribution is -2.46. The largest absolute Gasteiger partial charge is 0.375 e. The summed E-state index contributed by atoms with van der Waals surface area (Å²) in [5.74, 6) is -13.5. The molecule has 0 aliphatic heterocycles. The molecule has 0 spiro atoms. The molecule has 0 saturated carbocycles. The summed E-state index contributed by atoms with van der Waals surface area (Å²) in [6, 6.07) is 7.33. The topological polar surface area (TPSA) is 66.4 Å². The van der Waals surface area contributed by atoms with Crippen molar-refractivity contribution >= 4 is 21.6 Å². The molecule has 0 bridgehead atoms. The van der Waals surface area contributed by atoms with Crippen molar-refractivity contribution in [2.24, 2.45) is 0 Å². The first kappa shape index (κ1) is 24.7. The van der Waals surface area contributed by atoms with Crippen LogP contribution in [0.25, 0.3) is 0 Å². The van der Waals surface area contributed by atoms with Crippen LogP contribution in [0.5, 0.6) is 0 Å². The van der Waals surface area contributed by atoms with Gasteiger partial charge in [0, 0.05) is 28.2 Å². The first-order valence-corrected chi connectivity index (χ1v) is 10.4. The van der Waals surface area contributed by atoms with E-state index in [0.29, 0.717) is 0 Å². The number of halogens is 6. The summed E-state index contributed by atoms with van der Waals surface area (Å²) < 4.78 is 109. The Hall–Kier alpha value is -2.57. The van der Waals surface area contributed by atoms with E-state index in [1.165, 1.54) is 52.5 Å². The highest BCUT2D eigenvalue weighted by Crippen LogP contribution is 2.49. The van der Waals surface area contributed by atoms with Crippen molar-refractivity contribution in [1.82, 2.24) is 9.97 Å². The molecule has 0 aliphatic rings. The van der Waals surface area contributed by atoms with Crippen LogP contribution in [-0.4, -0.2) is 58.9 Å². The van der Waals surface area contributed by atoms with Gasteiger partial charge in [-0.2, -0.15) is 22.5 Å². The van der Waals surface area contributed by atoms with Crippen LogP contribution in [0.15, 0.2) is 35.2 Å². The van der Waals surface area contributed by atoms with Crippen LogP contribution in [-0.2, 0) is 21.5 Å². The van der Waals surface area contributed by atoms with Crippen LogP contribution in [0.4, 0.5) is 38.1 Å². The van der Waals surface area contributed by atoms with E-state index in [2.05, 4.69) is 9.97 Å². The number of rotatable bonds is 8. The smallest absolute Gasteiger partial charge is 0.361 e. The summed E-state index contributed by atoms with van der Waals surface area (Å²) in [5.41, 5.74) is -1.82. The summed E-state index contributed by atoms with van der Waals surface area (Å²) in [6.45, 7) is 0. The van der Waals surface area contributed by atoms with Crippen molar-refractivity contribution in [2.75, 3.05) is 38.0 Å². The minimum atomic E-state index is -5.88. The molecular formula is C18H20F6N4O2S. The molecule has 0 amide bonds. The van der Waals surface area contributed by atoms with E-state index in [1.54, 1.807) is 6.07 Å². The summed E-state index contributed by atoms with van der Waals surface area (Å²) >= 11 is 0. The predicted octanol–water partition coefficient (Wildman–Crippen LogP) is 3.57. The third-order valence-corrected chi connectivity index (χ3v) is 5.87. The number of benzene rings is 1. The molecule has 6 nitrogen and oxygen atoms in total. The molecule has 0 fully saturated rings. The third-order valence-electron chi connectivity index (χ3n) is 4.16. The standard InChI is InChI=1S/C18H20F6N4O2S/c1-27(2)14-12(31(29,30)10-11-8-6-5-7-9-11)13(25-16(26-14)28(3)4)17(21,22)18(23,24)15(19)20/h5-9,15H,10H2,1-4H3. The molecule has 0 N–H and O–H groups in total. The minimum absolute atomic E-state index is 0.166. The maximum atomic E-state index is 14.8. The molecule has 31 heavy (non-hydrogen) atoms. The molecule has 1 heterocycles. The zero-order valence-corrected chi connectivity index (χ0v) is 17.8. The molecular weight excluding hydrogens is 450 g/mol. The van der Waals surface area contributed by atoms with E-state index in [1.807, 2.05) is 0 Å². The fraction of sp³-hybridized carbons (Fsp3) is 0.444. The monoisotopic (exact) mass is 470 g/mol. The van der Waals surface area contributed by atoms with Gasteiger partial charge >= 0.3 is 18.3 Å². The quantitative estimate of drug-likeness (QED) is 0.550.